The van der Waals surface area contributed by atoms with Crippen LogP contribution in [-0.4, -0.2) is 17.4 Å². The minimum absolute atomic E-state index is 0.00144. The van der Waals surface area contributed by atoms with E-state index in [1.807, 2.05) is 0 Å². The molecule has 0 aliphatic heterocycles. The first kappa shape index (κ1) is 13.4. The van der Waals surface area contributed by atoms with Crippen LogP contribution in [0.2, 0.25) is 0 Å². The van der Waals surface area contributed by atoms with Crippen molar-refractivity contribution >= 4 is 33.2 Å². The minimum atomic E-state index is -0.457. The lowest BCUT2D eigenvalue weighted by Gasteiger charge is -2.06. The van der Waals surface area contributed by atoms with Crippen molar-refractivity contribution in [2.45, 2.75) is 12.8 Å². The number of carbonyl (C=O) groups is 1. The van der Waals surface area contributed by atoms with E-state index in [2.05, 4.69) is 21.2 Å². The molecule has 0 bridgehead atoms. The zero-order valence-electron chi connectivity index (χ0n) is 8.98. The molecule has 0 heterocycles. The van der Waals surface area contributed by atoms with Crippen molar-refractivity contribution in [3.05, 3.63) is 32.8 Å². The Morgan fingerprint density at radius 2 is 2.24 bits per heavy atom. The molecule has 1 rings (SSSR count). The second-order valence-electron chi connectivity index (χ2n) is 3.42. The number of amides is 1. The Labute approximate surface area is 106 Å². The van der Waals surface area contributed by atoms with Crippen LogP contribution in [0.3, 0.4) is 0 Å². The summed E-state index contributed by atoms with van der Waals surface area (Å²) in [6, 6.07) is 4.76. The van der Waals surface area contributed by atoms with Gasteiger partial charge in [-0.1, -0.05) is 15.9 Å². The van der Waals surface area contributed by atoms with Crippen LogP contribution in [0, 0.1) is 10.1 Å². The first-order chi connectivity index (χ1) is 8.00. The summed E-state index contributed by atoms with van der Waals surface area (Å²) in [6.07, 6.45) is 0.805. The van der Waals surface area contributed by atoms with Crippen LogP contribution in [0.1, 0.15) is 12.8 Å². The van der Waals surface area contributed by atoms with Gasteiger partial charge in [0.05, 0.1) is 4.92 Å². The van der Waals surface area contributed by atoms with Crippen molar-refractivity contribution in [3.63, 3.8) is 0 Å². The quantitative estimate of drug-likeness (QED) is 0.477. The number of nitrogens with one attached hydrogen (secondary N) is 1. The fourth-order valence-electron chi connectivity index (χ4n) is 1.29. The predicted octanol–water partition coefficient (Wildman–Crippen LogP) is 2.03. The number of nitro benzene ring substituents is 1. The number of nitrogens with two attached hydrogens (primary N) is 1. The molecule has 0 radical (unpaired) electrons. The second kappa shape index (κ2) is 6.19. The number of carbonyl (C=O) groups excluding carboxylic acids is 1. The summed E-state index contributed by atoms with van der Waals surface area (Å²) in [7, 11) is 0. The third kappa shape index (κ3) is 4.39. The molecular formula is C10H12BrN3O3. The van der Waals surface area contributed by atoms with Gasteiger partial charge in [-0.15, -0.1) is 0 Å². The molecule has 17 heavy (non-hydrogen) atoms. The Morgan fingerprint density at radius 1 is 1.53 bits per heavy atom. The number of primary amides is 1. The SMILES string of the molecule is NC(=O)CCCNc1ccc(Br)cc1[N+](=O)[O-]. The Kier molecular flexibility index (Phi) is 4.89. The molecule has 0 aromatic heterocycles. The number of benzene rings is 1. The maximum atomic E-state index is 10.8. The zero-order chi connectivity index (χ0) is 12.8. The first-order valence-electron chi connectivity index (χ1n) is 4.97. The molecule has 0 spiro atoms. The lowest BCUT2D eigenvalue weighted by atomic mass is 10.2. The number of halogens is 1. The fraction of sp³-hybridized carbons (Fsp3) is 0.300. The van der Waals surface area contributed by atoms with Crippen molar-refractivity contribution in [1.82, 2.24) is 0 Å². The van der Waals surface area contributed by atoms with Gasteiger partial charge >= 0.3 is 0 Å². The van der Waals surface area contributed by atoms with E-state index in [1.54, 1.807) is 12.1 Å². The molecule has 0 saturated heterocycles. The lowest BCUT2D eigenvalue weighted by molar-refractivity contribution is -0.384. The van der Waals surface area contributed by atoms with E-state index in [0.717, 1.165) is 0 Å². The molecule has 6 nitrogen and oxygen atoms in total. The predicted molar refractivity (Wildman–Crippen MR) is 67.7 cm³/mol. The average Bonchev–Trinajstić information content (AvgIpc) is 2.25. The van der Waals surface area contributed by atoms with Gasteiger partial charge in [-0.25, -0.2) is 0 Å². The van der Waals surface area contributed by atoms with Crippen LogP contribution in [0.5, 0.6) is 0 Å². The van der Waals surface area contributed by atoms with E-state index in [9.17, 15) is 14.9 Å². The normalized spacial score (nSPS) is 9.94. The molecule has 0 fully saturated rings. The first-order valence-corrected chi connectivity index (χ1v) is 5.76. The van der Waals surface area contributed by atoms with Crippen LogP contribution in [0.25, 0.3) is 0 Å². The van der Waals surface area contributed by atoms with E-state index in [-0.39, 0.29) is 18.0 Å². The number of rotatable bonds is 6. The molecule has 7 heteroatoms. The maximum absolute atomic E-state index is 10.8. The van der Waals surface area contributed by atoms with E-state index in [4.69, 9.17) is 5.73 Å². The summed E-state index contributed by atoms with van der Waals surface area (Å²) in [4.78, 5) is 20.8. The molecule has 92 valence electrons. The highest BCUT2D eigenvalue weighted by molar-refractivity contribution is 9.10. The molecule has 0 aliphatic carbocycles. The molecule has 0 saturated carbocycles. The lowest BCUT2D eigenvalue weighted by Crippen LogP contribution is -2.13. The number of nitro groups is 1. The second-order valence-corrected chi connectivity index (χ2v) is 4.33. The molecule has 1 aromatic rings. The third-order valence-electron chi connectivity index (χ3n) is 2.07. The average molecular weight is 302 g/mol. The third-order valence-corrected chi connectivity index (χ3v) is 2.57. The summed E-state index contributed by atoms with van der Waals surface area (Å²) < 4.78 is 0.645. The summed E-state index contributed by atoms with van der Waals surface area (Å²) in [5.74, 6) is -0.378. The highest BCUT2D eigenvalue weighted by atomic mass is 79.9. The van der Waals surface area contributed by atoms with Crippen molar-refractivity contribution in [3.8, 4) is 0 Å². The molecular weight excluding hydrogens is 290 g/mol. The number of anilines is 1. The molecule has 0 unspecified atom stereocenters. The number of hydrogen-bond donors (Lipinski definition) is 2. The van der Waals surface area contributed by atoms with Gasteiger partial charge < -0.3 is 11.1 Å². The smallest absolute Gasteiger partial charge is 0.293 e. The highest BCUT2D eigenvalue weighted by Crippen LogP contribution is 2.27. The number of hydrogen-bond acceptors (Lipinski definition) is 4. The van der Waals surface area contributed by atoms with Crippen molar-refractivity contribution < 1.29 is 9.72 Å². The molecule has 0 aliphatic rings. The Balaban J connectivity index is 2.64. The fourth-order valence-corrected chi connectivity index (χ4v) is 1.64. The van der Waals surface area contributed by atoms with Gasteiger partial charge in [0, 0.05) is 23.5 Å². The van der Waals surface area contributed by atoms with Crippen LogP contribution in [0.4, 0.5) is 11.4 Å². The standard InChI is InChI=1S/C10H12BrN3O3/c11-7-3-4-8(9(6-7)14(16)17)13-5-1-2-10(12)15/h3-4,6,13H,1-2,5H2,(H2,12,15). The van der Waals surface area contributed by atoms with Gasteiger partial charge in [-0.3, -0.25) is 14.9 Å². The van der Waals surface area contributed by atoms with Crippen molar-refractivity contribution in [2.24, 2.45) is 5.73 Å². The van der Waals surface area contributed by atoms with Crippen LogP contribution in [0.15, 0.2) is 22.7 Å². The van der Waals surface area contributed by atoms with Gasteiger partial charge in [0.1, 0.15) is 5.69 Å². The molecule has 1 aromatic carbocycles. The van der Waals surface area contributed by atoms with Gasteiger partial charge in [-0.2, -0.15) is 0 Å². The molecule has 0 atom stereocenters. The van der Waals surface area contributed by atoms with Gasteiger partial charge in [0.25, 0.3) is 5.69 Å². The van der Waals surface area contributed by atoms with E-state index in [0.29, 0.717) is 23.1 Å². The molecule has 1 amide bonds. The van der Waals surface area contributed by atoms with E-state index >= 15 is 0 Å². The summed E-state index contributed by atoms with van der Waals surface area (Å²) in [5.41, 5.74) is 5.42. The largest absolute Gasteiger partial charge is 0.379 e. The van der Waals surface area contributed by atoms with Gasteiger partial charge in [0.15, 0.2) is 0 Å². The Morgan fingerprint density at radius 3 is 2.82 bits per heavy atom. The summed E-state index contributed by atoms with van der Waals surface area (Å²) in [6.45, 7) is 0.464. The van der Waals surface area contributed by atoms with E-state index in [1.165, 1.54) is 6.07 Å². The summed E-state index contributed by atoms with van der Waals surface area (Å²) in [5, 5.41) is 13.7. The highest BCUT2D eigenvalue weighted by Gasteiger charge is 2.13. The van der Waals surface area contributed by atoms with E-state index < -0.39 is 4.92 Å². The van der Waals surface area contributed by atoms with Crippen LogP contribution >= 0.6 is 15.9 Å². The van der Waals surface area contributed by atoms with Crippen LogP contribution in [-0.2, 0) is 4.79 Å². The Hall–Kier alpha value is -1.63. The minimum Gasteiger partial charge on any atom is -0.379 e. The van der Waals surface area contributed by atoms with Crippen molar-refractivity contribution in [1.29, 1.82) is 0 Å². The number of nitrogens with zero attached hydrogens (tertiary/aromatic N) is 1. The zero-order valence-corrected chi connectivity index (χ0v) is 10.6. The molecule has 3 N–H and O–H groups in total. The Bertz CT molecular complexity index is 437. The van der Waals surface area contributed by atoms with Gasteiger partial charge in [0.2, 0.25) is 5.91 Å². The van der Waals surface area contributed by atoms with Gasteiger partial charge in [-0.05, 0) is 18.6 Å². The maximum Gasteiger partial charge on any atom is 0.293 e. The summed E-state index contributed by atoms with van der Waals surface area (Å²) >= 11 is 3.17. The van der Waals surface area contributed by atoms with Crippen molar-refractivity contribution in [2.75, 3.05) is 11.9 Å². The topological polar surface area (TPSA) is 98.3 Å². The monoisotopic (exact) mass is 301 g/mol. The van der Waals surface area contributed by atoms with Crippen LogP contribution < -0.4 is 11.1 Å².